The monoisotopic (exact) mass is 235 g/mol. The Labute approximate surface area is 97.8 Å². The normalized spacial score (nSPS) is 10.4. The van der Waals surface area contributed by atoms with Gasteiger partial charge in [0.1, 0.15) is 18.0 Å². The number of hydrogen-bond donors (Lipinski definition) is 2. The van der Waals surface area contributed by atoms with Crippen LogP contribution in [0.2, 0.25) is 0 Å². The van der Waals surface area contributed by atoms with Crippen molar-refractivity contribution in [1.29, 1.82) is 0 Å². The van der Waals surface area contributed by atoms with E-state index in [4.69, 9.17) is 5.73 Å². The number of aryl methyl sites for hydroxylation is 2. The Hall–Kier alpha value is -1.69. The molecule has 0 unspecified atom stereocenters. The summed E-state index contributed by atoms with van der Waals surface area (Å²) in [5, 5.41) is 3.96. The van der Waals surface area contributed by atoms with Gasteiger partial charge in [0.25, 0.3) is 0 Å². The van der Waals surface area contributed by atoms with Gasteiger partial charge in [0, 0.05) is 10.9 Å². The van der Waals surface area contributed by atoms with Crippen LogP contribution in [0.4, 0.5) is 16.8 Å². The van der Waals surface area contributed by atoms with Gasteiger partial charge in [-0.3, -0.25) is 0 Å². The standard InChI is InChI=1S/C10H13N5S/c1-3-7-6(2)16-10(14-7)15-9-4-8(11)12-5-13-9/h4-5H,3H2,1-2H3,(H3,11,12,13,14,15). The molecule has 0 amide bonds. The van der Waals surface area contributed by atoms with E-state index in [-0.39, 0.29) is 0 Å². The third kappa shape index (κ3) is 2.27. The third-order valence-corrected chi connectivity index (χ3v) is 3.08. The van der Waals surface area contributed by atoms with Crippen LogP contribution in [0.25, 0.3) is 0 Å². The summed E-state index contributed by atoms with van der Waals surface area (Å²) >= 11 is 1.62. The lowest BCUT2D eigenvalue weighted by atomic mass is 10.3. The van der Waals surface area contributed by atoms with Crippen molar-refractivity contribution in [1.82, 2.24) is 15.0 Å². The fourth-order valence-electron chi connectivity index (χ4n) is 1.36. The average molecular weight is 235 g/mol. The van der Waals surface area contributed by atoms with Gasteiger partial charge in [-0.2, -0.15) is 0 Å². The lowest BCUT2D eigenvalue weighted by molar-refractivity contribution is 1.04. The topological polar surface area (TPSA) is 76.7 Å². The molecule has 2 aromatic rings. The molecule has 0 aliphatic heterocycles. The minimum Gasteiger partial charge on any atom is -0.384 e. The number of thiazole rings is 1. The fraction of sp³-hybridized carbons (Fsp3) is 0.300. The summed E-state index contributed by atoms with van der Waals surface area (Å²) in [5.41, 5.74) is 6.69. The van der Waals surface area contributed by atoms with Gasteiger partial charge in [-0.05, 0) is 13.3 Å². The fourth-order valence-corrected chi connectivity index (χ4v) is 2.27. The number of nitrogens with two attached hydrogens (primary N) is 1. The Bertz CT molecular complexity index is 494. The highest BCUT2D eigenvalue weighted by Gasteiger charge is 2.06. The number of rotatable bonds is 3. The maximum atomic E-state index is 5.57. The second-order valence-corrected chi connectivity index (χ2v) is 4.53. The molecular weight excluding hydrogens is 222 g/mol. The molecule has 0 aromatic carbocycles. The summed E-state index contributed by atoms with van der Waals surface area (Å²) in [7, 11) is 0. The smallest absolute Gasteiger partial charge is 0.188 e. The Morgan fingerprint density at radius 1 is 1.44 bits per heavy atom. The molecule has 0 atom stereocenters. The zero-order valence-electron chi connectivity index (χ0n) is 9.19. The van der Waals surface area contributed by atoms with E-state index in [1.165, 1.54) is 11.2 Å². The van der Waals surface area contributed by atoms with Crippen LogP contribution in [-0.2, 0) is 6.42 Å². The molecule has 0 saturated heterocycles. The first-order valence-electron chi connectivity index (χ1n) is 5.00. The van der Waals surface area contributed by atoms with Gasteiger partial charge in [0.15, 0.2) is 5.13 Å². The highest BCUT2D eigenvalue weighted by Crippen LogP contribution is 2.24. The van der Waals surface area contributed by atoms with Crippen molar-refractivity contribution in [3.63, 3.8) is 0 Å². The molecular formula is C10H13N5S. The van der Waals surface area contributed by atoms with Crippen molar-refractivity contribution < 1.29 is 0 Å². The maximum absolute atomic E-state index is 5.57. The van der Waals surface area contributed by atoms with Crippen molar-refractivity contribution in [2.24, 2.45) is 0 Å². The minimum atomic E-state index is 0.446. The van der Waals surface area contributed by atoms with E-state index in [0.717, 1.165) is 17.2 Å². The first-order chi connectivity index (χ1) is 7.69. The molecule has 0 aliphatic carbocycles. The summed E-state index contributed by atoms with van der Waals surface area (Å²) < 4.78 is 0. The SMILES string of the molecule is CCc1nc(Nc2cc(N)ncn2)sc1C. The molecule has 3 N–H and O–H groups in total. The highest BCUT2D eigenvalue weighted by molar-refractivity contribution is 7.15. The summed E-state index contributed by atoms with van der Waals surface area (Å²) in [6, 6.07) is 1.68. The molecule has 6 heteroatoms. The number of nitrogens with one attached hydrogen (secondary N) is 1. The molecule has 0 saturated carbocycles. The summed E-state index contributed by atoms with van der Waals surface area (Å²) in [4.78, 5) is 13.6. The average Bonchev–Trinajstić information content (AvgIpc) is 2.58. The zero-order chi connectivity index (χ0) is 11.5. The predicted molar refractivity (Wildman–Crippen MR) is 66.0 cm³/mol. The second kappa shape index (κ2) is 4.44. The van der Waals surface area contributed by atoms with Crippen LogP contribution < -0.4 is 11.1 Å². The highest BCUT2D eigenvalue weighted by atomic mass is 32.1. The van der Waals surface area contributed by atoms with Crippen molar-refractivity contribution >= 4 is 28.1 Å². The molecule has 2 aromatic heterocycles. The van der Waals surface area contributed by atoms with E-state index in [9.17, 15) is 0 Å². The molecule has 2 rings (SSSR count). The summed E-state index contributed by atoms with van der Waals surface area (Å²) in [5.74, 6) is 1.12. The van der Waals surface area contributed by atoms with Crippen molar-refractivity contribution in [3.05, 3.63) is 23.0 Å². The lowest BCUT2D eigenvalue weighted by Crippen LogP contribution is -1.97. The van der Waals surface area contributed by atoms with E-state index in [2.05, 4.69) is 34.1 Å². The van der Waals surface area contributed by atoms with Gasteiger partial charge in [0.05, 0.1) is 5.69 Å². The van der Waals surface area contributed by atoms with Crippen LogP contribution in [0.3, 0.4) is 0 Å². The number of nitrogens with zero attached hydrogens (tertiary/aromatic N) is 3. The van der Waals surface area contributed by atoms with Gasteiger partial charge < -0.3 is 11.1 Å². The number of anilines is 3. The van der Waals surface area contributed by atoms with Gasteiger partial charge in [-0.25, -0.2) is 15.0 Å². The molecule has 0 fully saturated rings. The Kier molecular flexibility index (Phi) is 3.00. The Balaban J connectivity index is 2.20. The van der Waals surface area contributed by atoms with Crippen molar-refractivity contribution in [2.75, 3.05) is 11.1 Å². The number of nitrogen functional groups attached to an aromatic ring is 1. The van der Waals surface area contributed by atoms with Crippen LogP contribution in [0.1, 0.15) is 17.5 Å². The third-order valence-electron chi connectivity index (χ3n) is 2.15. The Morgan fingerprint density at radius 3 is 2.88 bits per heavy atom. The van der Waals surface area contributed by atoms with Gasteiger partial charge >= 0.3 is 0 Å². The molecule has 5 nitrogen and oxygen atoms in total. The Morgan fingerprint density at radius 2 is 2.25 bits per heavy atom. The summed E-state index contributed by atoms with van der Waals surface area (Å²) in [6.45, 7) is 4.16. The number of hydrogen-bond acceptors (Lipinski definition) is 6. The number of aromatic nitrogens is 3. The first kappa shape index (κ1) is 10.8. The van der Waals surface area contributed by atoms with Gasteiger partial charge in [-0.15, -0.1) is 11.3 Å². The summed E-state index contributed by atoms with van der Waals surface area (Å²) in [6.07, 6.45) is 2.37. The van der Waals surface area contributed by atoms with Crippen LogP contribution in [-0.4, -0.2) is 15.0 Å². The maximum Gasteiger partial charge on any atom is 0.188 e. The van der Waals surface area contributed by atoms with E-state index < -0.39 is 0 Å². The first-order valence-corrected chi connectivity index (χ1v) is 5.81. The van der Waals surface area contributed by atoms with Crippen LogP contribution in [0, 0.1) is 6.92 Å². The minimum absolute atomic E-state index is 0.446. The van der Waals surface area contributed by atoms with E-state index in [1.54, 1.807) is 17.4 Å². The lowest BCUT2D eigenvalue weighted by Gasteiger charge is -2.00. The molecule has 84 valence electrons. The second-order valence-electron chi connectivity index (χ2n) is 3.33. The van der Waals surface area contributed by atoms with E-state index in [0.29, 0.717) is 11.6 Å². The quantitative estimate of drug-likeness (QED) is 0.852. The van der Waals surface area contributed by atoms with E-state index >= 15 is 0 Å². The molecule has 0 bridgehead atoms. The molecule has 16 heavy (non-hydrogen) atoms. The van der Waals surface area contributed by atoms with E-state index in [1.807, 2.05) is 0 Å². The molecule has 0 aliphatic rings. The van der Waals surface area contributed by atoms with Crippen LogP contribution in [0.5, 0.6) is 0 Å². The largest absolute Gasteiger partial charge is 0.384 e. The van der Waals surface area contributed by atoms with Crippen LogP contribution in [0.15, 0.2) is 12.4 Å². The molecule has 0 spiro atoms. The predicted octanol–water partition coefficient (Wildman–Crippen LogP) is 2.13. The van der Waals surface area contributed by atoms with Gasteiger partial charge in [-0.1, -0.05) is 6.92 Å². The molecule has 2 heterocycles. The van der Waals surface area contributed by atoms with Crippen molar-refractivity contribution in [2.45, 2.75) is 20.3 Å². The molecule has 0 radical (unpaired) electrons. The zero-order valence-corrected chi connectivity index (χ0v) is 10.0. The van der Waals surface area contributed by atoms with Crippen LogP contribution >= 0.6 is 11.3 Å². The van der Waals surface area contributed by atoms with Gasteiger partial charge in [0.2, 0.25) is 0 Å². The van der Waals surface area contributed by atoms with Crippen molar-refractivity contribution in [3.8, 4) is 0 Å².